The van der Waals surface area contributed by atoms with E-state index in [1.807, 2.05) is 23.0 Å². The van der Waals surface area contributed by atoms with Crippen molar-refractivity contribution < 1.29 is 4.58 Å². The predicted molar refractivity (Wildman–Crippen MR) is 115 cm³/mol. The van der Waals surface area contributed by atoms with Gasteiger partial charge in [0.2, 0.25) is 0 Å². The number of pyridine rings is 1. The van der Waals surface area contributed by atoms with Crippen LogP contribution >= 0.6 is 0 Å². The molecule has 138 valence electrons. The fourth-order valence-electron chi connectivity index (χ4n) is 3.28. The Kier molecular flexibility index (Phi) is 6.02. The van der Waals surface area contributed by atoms with Gasteiger partial charge in [0.05, 0.1) is 0 Å². The first-order valence-corrected chi connectivity index (χ1v) is 9.47. The van der Waals surface area contributed by atoms with Gasteiger partial charge in [-0.25, -0.2) is 4.58 Å². The van der Waals surface area contributed by atoms with Crippen LogP contribution in [-0.4, -0.2) is 27.8 Å². The van der Waals surface area contributed by atoms with Gasteiger partial charge in [0.1, 0.15) is 13.3 Å². The average Bonchev–Trinajstić information content (AvgIpc) is 3.09. The summed E-state index contributed by atoms with van der Waals surface area (Å²) in [5.41, 5.74) is 7.04. The Hall–Kier alpha value is -2.94. The predicted octanol–water partition coefficient (Wildman–Crippen LogP) is 5.66. The summed E-state index contributed by atoms with van der Waals surface area (Å²) < 4.78 is 2.00. The first kappa shape index (κ1) is 18.8. The first-order valence-electron chi connectivity index (χ1n) is 9.47. The Balaban J connectivity index is 1.70. The summed E-state index contributed by atoms with van der Waals surface area (Å²) in [4.78, 5) is 7.83. The van der Waals surface area contributed by atoms with Crippen LogP contribution in [0, 0.1) is 6.92 Å². The van der Waals surface area contributed by atoms with Crippen molar-refractivity contribution in [3.63, 3.8) is 0 Å². The van der Waals surface area contributed by atoms with Crippen LogP contribution in [0.4, 0.5) is 0 Å². The molecule has 1 N–H and O–H groups in total. The summed E-state index contributed by atoms with van der Waals surface area (Å²) in [5.74, 6) is 0. The lowest BCUT2D eigenvalue weighted by Gasteiger charge is -2.06. The molecule has 2 heterocycles. The van der Waals surface area contributed by atoms with Crippen LogP contribution in [-0.2, 0) is 6.42 Å². The van der Waals surface area contributed by atoms with Crippen LogP contribution in [0.2, 0.25) is 0 Å². The lowest BCUT2D eigenvalue weighted by atomic mass is 10.0. The molecule has 27 heavy (non-hydrogen) atoms. The van der Waals surface area contributed by atoms with E-state index >= 15 is 0 Å². The topological polar surface area (TPSA) is 31.7 Å². The summed E-state index contributed by atoms with van der Waals surface area (Å²) in [6.07, 6.45) is 11.8. The van der Waals surface area contributed by atoms with E-state index in [0.717, 1.165) is 49.0 Å². The van der Waals surface area contributed by atoms with Gasteiger partial charge in [-0.3, -0.25) is 4.98 Å². The normalized spacial score (nSPS) is 10.9. The number of aromatic nitrogens is 2. The second-order valence-corrected chi connectivity index (χ2v) is 7.09. The van der Waals surface area contributed by atoms with Crippen molar-refractivity contribution in [3.8, 4) is 11.1 Å². The maximum Gasteiger partial charge on any atom is 0.173 e. The van der Waals surface area contributed by atoms with E-state index in [2.05, 4.69) is 67.2 Å². The number of rotatable bonds is 9. The second kappa shape index (κ2) is 8.63. The Labute approximate surface area is 161 Å². The minimum Gasteiger partial charge on any atom is -0.361 e. The minimum atomic E-state index is 0.885. The molecule has 0 unspecified atom stereocenters. The highest BCUT2D eigenvalue weighted by atomic mass is 15.0. The maximum atomic E-state index is 4.47. The number of H-pyrrole nitrogens is 1. The van der Waals surface area contributed by atoms with Crippen molar-refractivity contribution in [1.29, 1.82) is 0 Å². The van der Waals surface area contributed by atoms with Crippen molar-refractivity contribution in [1.82, 2.24) is 9.97 Å². The van der Waals surface area contributed by atoms with Gasteiger partial charge in [-0.05, 0) is 50.1 Å². The molecule has 2 aromatic heterocycles. The van der Waals surface area contributed by atoms with Crippen LogP contribution in [0.1, 0.15) is 30.4 Å². The van der Waals surface area contributed by atoms with E-state index in [1.165, 1.54) is 22.1 Å². The van der Waals surface area contributed by atoms with Gasteiger partial charge in [0, 0.05) is 53.5 Å². The van der Waals surface area contributed by atoms with Crippen LogP contribution in [0.25, 0.3) is 22.0 Å². The van der Waals surface area contributed by atoms with Gasteiger partial charge in [-0.2, -0.15) is 0 Å². The molecule has 3 nitrogen and oxygen atoms in total. The number of hydrogen-bond donors (Lipinski definition) is 1. The summed E-state index contributed by atoms with van der Waals surface area (Å²) in [5, 5.41) is 1.24. The quantitative estimate of drug-likeness (QED) is 0.227. The Morgan fingerprint density at radius 3 is 2.93 bits per heavy atom. The number of aryl methyl sites for hydroxylation is 2. The fourth-order valence-corrected chi connectivity index (χ4v) is 3.28. The molecule has 0 amide bonds. The van der Waals surface area contributed by atoms with Crippen molar-refractivity contribution in [2.24, 2.45) is 0 Å². The van der Waals surface area contributed by atoms with Crippen molar-refractivity contribution in [2.45, 2.75) is 32.6 Å². The zero-order valence-corrected chi connectivity index (χ0v) is 16.2. The average molecular weight is 359 g/mol. The molecule has 0 saturated heterocycles. The molecule has 1 aromatic carbocycles. The third-order valence-electron chi connectivity index (χ3n) is 4.93. The Bertz CT molecular complexity index is 978. The molecule has 0 aliphatic carbocycles. The zero-order chi connectivity index (χ0) is 19.2. The Morgan fingerprint density at radius 2 is 2.11 bits per heavy atom. The van der Waals surface area contributed by atoms with Gasteiger partial charge < -0.3 is 4.98 Å². The summed E-state index contributed by atoms with van der Waals surface area (Å²) >= 11 is 0. The molecule has 0 bridgehead atoms. The van der Waals surface area contributed by atoms with Gasteiger partial charge >= 0.3 is 0 Å². The molecule has 0 atom stereocenters. The number of fused-ring (bicyclic) bond motifs is 1. The van der Waals surface area contributed by atoms with Crippen LogP contribution in [0.5, 0.6) is 0 Å². The zero-order valence-electron chi connectivity index (χ0n) is 16.2. The smallest absolute Gasteiger partial charge is 0.173 e. The maximum absolute atomic E-state index is 4.47. The molecule has 0 fully saturated rings. The Morgan fingerprint density at radius 1 is 1.26 bits per heavy atom. The highest BCUT2D eigenvalue weighted by Gasteiger charge is 2.10. The molecular weight excluding hydrogens is 330 g/mol. The number of hydrogen-bond acceptors (Lipinski definition) is 1. The number of benzene rings is 1. The number of unbranched alkanes of at least 4 members (excludes halogenated alkanes) is 1. The van der Waals surface area contributed by atoms with Gasteiger partial charge in [0.15, 0.2) is 5.70 Å². The number of allylic oxidation sites excluding steroid dienone is 2. The van der Waals surface area contributed by atoms with Crippen LogP contribution < -0.4 is 0 Å². The van der Waals surface area contributed by atoms with Crippen LogP contribution in [0.15, 0.2) is 67.8 Å². The van der Waals surface area contributed by atoms with E-state index in [9.17, 15) is 0 Å². The molecule has 0 spiro atoms. The molecule has 0 radical (unpaired) electrons. The van der Waals surface area contributed by atoms with E-state index in [0.29, 0.717) is 0 Å². The van der Waals surface area contributed by atoms with E-state index in [-0.39, 0.29) is 0 Å². The highest BCUT2D eigenvalue weighted by molar-refractivity contribution is 5.95. The van der Waals surface area contributed by atoms with E-state index in [1.54, 1.807) is 0 Å². The molecule has 0 saturated carbocycles. The number of nitrogens with one attached hydrogen (secondary N) is 1. The largest absolute Gasteiger partial charge is 0.361 e. The fraction of sp³-hybridized carbons (Fsp3) is 0.250. The molecule has 3 heteroatoms. The number of aromatic amines is 1. The van der Waals surface area contributed by atoms with Gasteiger partial charge in [-0.1, -0.05) is 17.7 Å². The molecule has 3 rings (SSSR count). The van der Waals surface area contributed by atoms with E-state index in [4.69, 9.17) is 0 Å². The third-order valence-corrected chi connectivity index (χ3v) is 4.93. The molecule has 3 aromatic rings. The molecule has 0 aliphatic rings. The second-order valence-electron chi connectivity index (χ2n) is 7.09. The summed E-state index contributed by atoms with van der Waals surface area (Å²) in [6.45, 7) is 15.1. The van der Waals surface area contributed by atoms with Gasteiger partial charge in [0.25, 0.3) is 0 Å². The molecular formula is C24H28N3+. The lowest BCUT2D eigenvalue weighted by molar-refractivity contribution is -0.470. The molecule has 0 aliphatic heterocycles. The monoisotopic (exact) mass is 358 g/mol. The van der Waals surface area contributed by atoms with Gasteiger partial charge in [-0.15, -0.1) is 6.58 Å². The first-order chi connectivity index (χ1) is 13.1. The van der Waals surface area contributed by atoms with Crippen molar-refractivity contribution in [2.75, 3.05) is 6.54 Å². The number of nitrogens with zero attached hydrogens (tertiary/aromatic N) is 2. The lowest BCUT2D eigenvalue weighted by Crippen LogP contribution is -2.10. The minimum absolute atomic E-state index is 0.885. The van der Waals surface area contributed by atoms with E-state index < -0.39 is 0 Å². The SMILES string of the molecule is C=CCCC[N+](=C)C(=C)CCc1cncc(-c2c[nH]c3ccc(C)cc23)c1. The van der Waals surface area contributed by atoms with Crippen molar-refractivity contribution in [3.05, 3.63) is 78.9 Å². The summed E-state index contributed by atoms with van der Waals surface area (Å²) in [6, 6.07) is 8.71. The summed E-state index contributed by atoms with van der Waals surface area (Å²) in [7, 11) is 0. The van der Waals surface area contributed by atoms with Crippen LogP contribution in [0.3, 0.4) is 0 Å². The van der Waals surface area contributed by atoms with Crippen molar-refractivity contribution >= 4 is 17.6 Å². The standard InChI is InChI=1S/C24H28N3/c1-5-6-7-12-27(4)19(3)9-10-20-14-21(16-25-15-20)23-17-26-24-11-8-18(2)13-22(23)24/h5,8,11,13-17,26H,1,3-4,6-7,9-10,12H2,2H3/q+1. The highest BCUT2D eigenvalue weighted by Crippen LogP contribution is 2.29. The third kappa shape index (κ3) is 4.62.